The Morgan fingerprint density at radius 2 is 1.90 bits per heavy atom. The standard InChI is InChI=1S/C20H30N2O7/c1-10(24)16(19(27)21-6-7-23)22-18(26)11-8-14(25)17-15(9-11)28-20(29-17,12-2-3-12)13-4-5-13/h9-10,12-17,23-25H,2-8H2,1H3,(H,21,27)(H,22,26). The summed E-state index contributed by atoms with van der Waals surface area (Å²) in [6.07, 6.45) is 3.01. The number of hydrogen-bond acceptors (Lipinski definition) is 7. The van der Waals surface area contributed by atoms with E-state index in [1.807, 2.05) is 0 Å². The maximum Gasteiger partial charge on any atom is 0.247 e. The van der Waals surface area contributed by atoms with Gasteiger partial charge in [-0.2, -0.15) is 0 Å². The number of carbonyl (C=O) groups is 2. The number of nitrogens with one attached hydrogen (secondary N) is 2. The molecule has 1 heterocycles. The van der Waals surface area contributed by atoms with Crippen LogP contribution in [0.15, 0.2) is 11.6 Å². The number of fused-ring (bicyclic) bond motifs is 1. The second-order valence-corrected chi connectivity index (χ2v) is 8.60. The van der Waals surface area contributed by atoms with Gasteiger partial charge in [-0.25, -0.2) is 0 Å². The normalized spacial score (nSPS) is 32.7. The fraction of sp³-hybridized carbons (Fsp3) is 0.800. The van der Waals surface area contributed by atoms with Gasteiger partial charge in [-0.3, -0.25) is 9.59 Å². The number of amides is 2. The van der Waals surface area contributed by atoms with E-state index in [-0.39, 0.29) is 19.6 Å². The Morgan fingerprint density at radius 3 is 2.45 bits per heavy atom. The van der Waals surface area contributed by atoms with Gasteiger partial charge < -0.3 is 35.4 Å². The quantitative estimate of drug-likeness (QED) is 0.344. The molecule has 0 spiro atoms. The molecule has 0 radical (unpaired) electrons. The lowest BCUT2D eigenvalue weighted by Gasteiger charge is -2.29. The van der Waals surface area contributed by atoms with Crippen LogP contribution in [-0.2, 0) is 19.1 Å². The van der Waals surface area contributed by atoms with E-state index in [0.717, 1.165) is 25.7 Å². The molecule has 0 bridgehead atoms. The van der Waals surface area contributed by atoms with E-state index in [0.29, 0.717) is 17.4 Å². The second-order valence-electron chi connectivity index (χ2n) is 8.60. The molecule has 5 unspecified atom stereocenters. The van der Waals surface area contributed by atoms with Gasteiger partial charge in [0.15, 0.2) is 5.79 Å². The largest absolute Gasteiger partial charge is 0.395 e. The smallest absolute Gasteiger partial charge is 0.247 e. The highest BCUT2D eigenvalue weighted by Gasteiger charge is 2.64. The molecule has 162 valence electrons. The lowest BCUT2D eigenvalue weighted by atomic mass is 9.91. The minimum Gasteiger partial charge on any atom is -0.395 e. The average molecular weight is 410 g/mol. The molecule has 2 amide bonds. The van der Waals surface area contributed by atoms with E-state index < -0.39 is 48.1 Å². The summed E-state index contributed by atoms with van der Waals surface area (Å²) in [7, 11) is 0. The van der Waals surface area contributed by atoms with Crippen LogP contribution in [0.3, 0.4) is 0 Å². The molecule has 3 aliphatic carbocycles. The molecule has 4 rings (SSSR count). The van der Waals surface area contributed by atoms with Crippen LogP contribution in [0.2, 0.25) is 0 Å². The lowest BCUT2D eigenvalue weighted by molar-refractivity contribution is -0.209. The van der Waals surface area contributed by atoms with Crippen LogP contribution in [-0.4, -0.2) is 76.5 Å². The number of rotatable bonds is 8. The van der Waals surface area contributed by atoms with Crippen molar-refractivity contribution in [2.75, 3.05) is 13.2 Å². The Balaban J connectivity index is 1.46. The topological polar surface area (TPSA) is 137 Å². The Morgan fingerprint density at radius 1 is 1.24 bits per heavy atom. The van der Waals surface area contributed by atoms with Crippen molar-refractivity contribution in [3.8, 4) is 0 Å². The van der Waals surface area contributed by atoms with Crippen molar-refractivity contribution in [2.24, 2.45) is 11.8 Å². The van der Waals surface area contributed by atoms with E-state index >= 15 is 0 Å². The van der Waals surface area contributed by atoms with Crippen LogP contribution >= 0.6 is 0 Å². The first-order chi connectivity index (χ1) is 13.9. The van der Waals surface area contributed by atoms with Crippen molar-refractivity contribution in [3.05, 3.63) is 11.6 Å². The van der Waals surface area contributed by atoms with E-state index in [4.69, 9.17) is 14.6 Å². The van der Waals surface area contributed by atoms with Gasteiger partial charge in [0.1, 0.15) is 18.2 Å². The van der Waals surface area contributed by atoms with Crippen LogP contribution in [0.1, 0.15) is 39.0 Å². The van der Waals surface area contributed by atoms with Crippen LogP contribution in [0.5, 0.6) is 0 Å². The van der Waals surface area contributed by atoms with Crippen molar-refractivity contribution in [1.29, 1.82) is 0 Å². The van der Waals surface area contributed by atoms with Crippen LogP contribution in [0.4, 0.5) is 0 Å². The highest BCUT2D eigenvalue weighted by Crippen LogP contribution is 2.59. The highest BCUT2D eigenvalue weighted by atomic mass is 16.8. The van der Waals surface area contributed by atoms with E-state index in [9.17, 15) is 19.8 Å². The molecule has 29 heavy (non-hydrogen) atoms. The maximum absolute atomic E-state index is 12.8. The van der Waals surface area contributed by atoms with Gasteiger partial charge in [-0.1, -0.05) is 0 Å². The third kappa shape index (κ3) is 4.06. The maximum atomic E-state index is 12.8. The Labute approximate surface area is 169 Å². The predicted molar refractivity (Wildman–Crippen MR) is 100 cm³/mol. The number of aliphatic hydroxyl groups is 3. The molecule has 0 aromatic rings. The van der Waals surface area contributed by atoms with Gasteiger partial charge in [0.05, 0.1) is 18.8 Å². The van der Waals surface area contributed by atoms with Crippen molar-refractivity contribution < 1.29 is 34.4 Å². The molecular weight excluding hydrogens is 380 g/mol. The zero-order chi connectivity index (χ0) is 20.8. The Bertz CT molecular complexity index is 674. The zero-order valence-electron chi connectivity index (χ0n) is 16.5. The molecule has 9 heteroatoms. The molecule has 5 N–H and O–H groups in total. The summed E-state index contributed by atoms with van der Waals surface area (Å²) in [5.41, 5.74) is 0.311. The third-order valence-corrected chi connectivity index (χ3v) is 6.19. The Hall–Kier alpha value is -1.52. The summed E-state index contributed by atoms with van der Waals surface area (Å²) < 4.78 is 12.6. The number of ether oxygens (including phenoxy) is 2. The molecule has 1 saturated heterocycles. The van der Waals surface area contributed by atoms with Crippen molar-refractivity contribution in [2.45, 2.75) is 75.3 Å². The summed E-state index contributed by atoms with van der Waals surface area (Å²) in [5.74, 6) is -1.04. The van der Waals surface area contributed by atoms with Crippen LogP contribution < -0.4 is 10.6 Å². The highest BCUT2D eigenvalue weighted by molar-refractivity contribution is 5.97. The molecule has 9 nitrogen and oxygen atoms in total. The summed E-state index contributed by atoms with van der Waals surface area (Å²) in [4.78, 5) is 24.9. The molecular formula is C20H30N2O7. The first kappa shape index (κ1) is 20.7. The third-order valence-electron chi connectivity index (χ3n) is 6.19. The van der Waals surface area contributed by atoms with Crippen LogP contribution in [0, 0.1) is 11.8 Å². The summed E-state index contributed by atoms with van der Waals surface area (Å²) in [6.45, 7) is 1.18. The van der Waals surface area contributed by atoms with Gasteiger partial charge in [0.25, 0.3) is 0 Å². The fourth-order valence-corrected chi connectivity index (χ4v) is 4.41. The number of hydrogen-bond donors (Lipinski definition) is 5. The van der Waals surface area contributed by atoms with Crippen LogP contribution in [0.25, 0.3) is 0 Å². The lowest BCUT2D eigenvalue weighted by Crippen LogP contribution is -2.53. The van der Waals surface area contributed by atoms with Gasteiger partial charge in [0.2, 0.25) is 11.8 Å². The number of carbonyl (C=O) groups excluding carboxylic acids is 2. The minimum absolute atomic E-state index is 0.0265. The zero-order valence-corrected chi connectivity index (χ0v) is 16.5. The van der Waals surface area contributed by atoms with Gasteiger partial charge >= 0.3 is 0 Å². The summed E-state index contributed by atoms with van der Waals surface area (Å²) in [5, 5.41) is 34.3. The van der Waals surface area contributed by atoms with Crippen molar-refractivity contribution >= 4 is 11.8 Å². The Kier molecular flexibility index (Phi) is 5.69. The molecule has 0 aromatic carbocycles. The van der Waals surface area contributed by atoms with Gasteiger partial charge in [-0.15, -0.1) is 0 Å². The average Bonchev–Trinajstić information content (AvgIpc) is 3.60. The van der Waals surface area contributed by atoms with Crippen molar-refractivity contribution in [1.82, 2.24) is 10.6 Å². The summed E-state index contributed by atoms with van der Waals surface area (Å²) >= 11 is 0. The first-order valence-electron chi connectivity index (χ1n) is 10.5. The van der Waals surface area contributed by atoms with Gasteiger partial charge in [0, 0.05) is 30.4 Å². The van der Waals surface area contributed by atoms with E-state index in [2.05, 4.69) is 10.6 Å². The van der Waals surface area contributed by atoms with Crippen molar-refractivity contribution in [3.63, 3.8) is 0 Å². The molecule has 3 fully saturated rings. The molecule has 0 aromatic heterocycles. The second kappa shape index (κ2) is 7.96. The van der Waals surface area contributed by atoms with E-state index in [1.54, 1.807) is 6.08 Å². The minimum atomic E-state index is -1.16. The molecule has 5 atom stereocenters. The monoisotopic (exact) mass is 410 g/mol. The molecule has 4 aliphatic rings. The first-order valence-corrected chi connectivity index (χ1v) is 10.5. The molecule has 2 saturated carbocycles. The van der Waals surface area contributed by atoms with Gasteiger partial charge in [-0.05, 0) is 38.7 Å². The fourth-order valence-electron chi connectivity index (χ4n) is 4.41. The predicted octanol–water partition coefficient (Wildman–Crippen LogP) is -1.05. The molecule has 1 aliphatic heterocycles. The SMILES string of the molecule is CC(O)C(NC(=O)C1=CC2OC(C3CC3)(C3CC3)OC2C(O)C1)C(=O)NCCO. The number of aliphatic hydroxyl groups excluding tert-OH is 3. The summed E-state index contributed by atoms with van der Waals surface area (Å²) in [6, 6.07) is -1.16. The van der Waals surface area contributed by atoms with E-state index in [1.165, 1.54) is 6.92 Å².